The van der Waals surface area contributed by atoms with E-state index in [2.05, 4.69) is 25.6 Å². The maximum atomic E-state index is 12.3. The quantitative estimate of drug-likeness (QED) is 0.507. The van der Waals surface area contributed by atoms with E-state index in [0.29, 0.717) is 48.1 Å². The smallest absolute Gasteiger partial charge is 0.321 e. The highest BCUT2D eigenvalue weighted by molar-refractivity contribution is 7.16. The molecule has 178 valence electrons. The molecule has 0 aromatic carbocycles. The van der Waals surface area contributed by atoms with E-state index in [-0.39, 0.29) is 18.1 Å². The van der Waals surface area contributed by atoms with Gasteiger partial charge in [0.15, 0.2) is 10.9 Å². The van der Waals surface area contributed by atoms with Crippen LogP contribution in [0.3, 0.4) is 0 Å². The second-order valence-corrected chi connectivity index (χ2v) is 9.08. The van der Waals surface area contributed by atoms with Gasteiger partial charge < -0.3 is 28.9 Å². The van der Waals surface area contributed by atoms with Gasteiger partial charge in [-0.2, -0.15) is 0 Å². The number of pyridine rings is 1. The van der Waals surface area contributed by atoms with Gasteiger partial charge in [0.25, 0.3) is 6.01 Å². The van der Waals surface area contributed by atoms with Gasteiger partial charge in [-0.25, -0.2) is 19.7 Å². The SMILES string of the molecule is COc1cccc(-c2cnc(N3[C@H](C=O)Cc4nc(NC(=O)N[C@@H]5CCOC5)sc4[C@@H]3C)o2)n1. The van der Waals surface area contributed by atoms with Gasteiger partial charge in [-0.1, -0.05) is 17.4 Å². The molecule has 12 heteroatoms. The number of urea groups is 1. The van der Waals surface area contributed by atoms with E-state index in [0.717, 1.165) is 23.3 Å². The Labute approximate surface area is 199 Å². The van der Waals surface area contributed by atoms with Gasteiger partial charge in [0.1, 0.15) is 12.0 Å². The highest BCUT2D eigenvalue weighted by Gasteiger charge is 2.37. The molecule has 1 fully saturated rings. The number of oxazole rings is 1. The van der Waals surface area contributed by atoms with Crippen LogP contribution < -0.4 is 20.3 Å². The zero-order chi connectivity index (χ0) is 23.7. The minimum atomic E-state index is -0.508. The molecule has 2 N–H and O–H groups in total. The van der Waals surface area contributed by atoms with Crippen molar-refractivity contribution >= 4 is 34.8 Å². The summed E-state index contributed by atoms with van der Waals surface area (Å²) in [4.78, 5) is 40.5. The molecule has 0 bridgehead atoms. The average Bonchev–Trinajstić information content (AvgIpc) is 3.60. The summed E-state index contributed by atoms with van der Waals surface area (Å²) in [5.41, 5.74) is 1.36. The Bertz CT molecular complexity index is 1190. The summed E-state index contributed by atoms with van der Waals surface area (Å²) >= 11 is 1.38. The number of nitrogens with one attached hydrogen (secondary N) is 2. The van der Waals surface area contributed by atoms with Gasteiger partial charge in [-0.3, -0.25) is 5.32 Å². The van der Waals surface area contributed by atoms with Crippen molar-refractivity contribution in [2.24, 2.45) is 0 Å². The third-order valence-electron chi connectivity index (χ3n) is 5.83. The first-order chi connectivity index (χ1) is 16.6. The predicted molar refractivity (Wildman–Crippen MR) is 124 cm³/mol. The average molecular weight is 485 g/mol. The third kappa shape index (κ3) is 4.33. The van der Waals surface area contributed by atoms with Gasteiger partial charge >= 0.3 is 6.03 Å². The second kappa shape index (κ2) is 9.39. The Kier molecular flexibility index (Phi) is 6.16. The lowest BCUT2D eigenvalue weighted by atomic mass is 10.0. The van der Waals surface area contributed by atoms with Gasteiger partial charge in [-0.05, 0) is 19.4 Å². The fourth-order valence-electron chi connectivity index (χ4n) is 4.16. The number of amides is 2. The molecule has 0 spiro atoms. The van der Waals surface area contributed by atoms with E-state index in [4.69, 9.17) is 13.9 Å². The minimum Gasteiger partial charge on any atom is -0.481 e. The molecule has 1 saturated heterocycles. The summed E-state index contributed by atoms with van der Waals surface area (Å²) < 4.78 is 16.5. The lowest BCUT2D eigenvalue weighted by molar-refractivity contribution is -0.109. The summed E-state index contributed by atoms with van der Waals surface area (Å²) in [7, 11) is 1.55. The summed E-state index contributed by atoms with van der Waals surface area (Å²) in [5, 5.41) is 6.17. The highest BCUT2D eigenvalue weighted by atomic mass is 32.1. The molecule has 3 aromatic rings. The molecule has 3 atom stereocenters. The molecule has 5 rings (SSSR count). The fourth-order valence-corrected chi connectivity index (χ4v) is 5.19. The van der Waals surface area contributed by atoms with Crippen LogP contribution in [0.1, 0.15) is 30.0 Å². The van der Waals surface area contributed by atoms with Crippen LogP contribution in [0.25, 0.3) is 11.5 Å². The summed E-state index contributed by atoms with van der Waals surface area (Å²) in [5.74, 6) is 0.933. The third-order valence-corrected chi connectivity index (χ3v) is 7.01. The van der Waals surface area contributed by atoms with Crippen LogP contribution in [0.5, 0.6) is 5.88 Å². The number of aldehydes is 1. The van der Waals surface area contributed by atoms with Crippen molar-refractivity contribution in [1.82, 2.24) is 20.3 Å². The number of thiazole rings is 1. The first kappa shape index (κ1) is 22.3. The number of fused-ring (bicyclic) bond motifs is 1. The van der Waals surface area contributed by atoms with Crippen molar-refractivity contribution in [1.29, 1.82) is 0 Å². The molecular formula is C22H24N6O5S. The van der Waals surface area contributed by atoms with E-state index in [1.807, 2.05) is 17.9 Å². The van der Waals surface area contributed by atoms with Crippen LogP contribution >= 0.6 is 11.3 Å². The van der Waals surface area contributed by atoms with Crippen LogP contribution in [0.15, 0.2) is 28.8 Å². The number of carbonyl (C=O) groups excluding carboxylic acids is 2. The normalized spacial score (nSPS) is 21.7. The molecule has 3 aromatic heterocycles. The molecule has 0 aliphatic carbocycles. The topological polar surface area (TPSA) is 132 Å². The maximum absolute atomic E-state index is 12.3. The van der Waals surface area contributed by atoms with Crippen LogP contribution in [0, 0.1) is 0 Å². The molecule has 0 radical (unpaired) electrons. The monoisotopic (exact) mass is 484 g/mol. The van der Waals surface area contributed by atoms with Crippen molar-refractivity contribution in [3.63, 3.8) is 0 Å². The van der Waals surface area contributed by atoms with Gasteiger partial charge in [0.05, 0.1) is 48.6 Å². The number of anilines is 2. The first-order valence-corrected chi connectivity index (χ1v) is 11.7. The molecule has 2 aliphatic rings. The van der Waals surface area contributed by atoms with Gasteiger partial charge in [0, 0.05) is 19.1 Å². The van der Waals surface area contributed by atoms with Crippen molar-refractivity contribution in [3.05, 3.63) is 35.0 Å². The number of hydrogen-bond donors (Lipinski definition) is 2. The number of hydrogen-bond acceptors (Lipinski definition) is 10. The molecule has 0 unspecified atom stereocenters. The molecule has 0 saturated carbocycles. The largest absolute Gasteiger partial charge is 0.481 e. The minimum absolute atomic E-state index is 0.00161. The molecule has 2 amide bonds. The van der Waals surface area contributed by atoms with Crippen LogP contribution in [-0.2, 0) is 16.0 Å². The number of nitrogens with zero attached hydrogens (tertiary/aromatic N) is 4. The summed E-state index contributed by atoms with van der Waals surface area (Å²) in [6.07, 6.45) is 3.62. The van der Waals surface area contributed by atoms with Crippen molar-refractivity contribution in [2.75, 3.05) is 30.5 Å². The predicted octanol–water partition coefficient (Wildman–Crippen LogP) is 2.80. The van der Waals surface area contributed by atoms with E-state index >= 15 is 0 Å². The fraction of sp³-hybridized carbons (Fsp3) is 0.409. The zero-order valence-corrected chi connectivity index (χ0v) is 19.5. The Morgan fingerprint density at radius 2 is 2.24 bits per heavy atom. The Morgan fingerprint density at radius 1 is 1.35 bits per heavy atom. The van der Waals surface area contributed by atoms with E-state index in [9.17, 15) is 9.59 Å². The van der Waals surface area contributed by atoms with Crippen LogP contribution in [0.2, 0.25) is 0 Å². The van der Waals surface area contributed by atoms with Gasteiger partial charge in [-0.15, -0.1) is 0 Å². The first-order valence-electron chi connectivity index (χ1n) is 10.9. The number of carbonyl (C=O) groups is 2. The Morgan fingerprint density at radius 3 is 3.00 bits per heavy atom. The maximum Gasteiger partial charge on any atom is 0.321 e. The van der Waals surface area contributed by atoms with E-state index in [1.165, 1.54) is 11.3 Å². The summed E-state index contributed by atoms with van der Waals surface area (Å²) in [6, 6.07) is 4.62. The van der Waals surface area contributed by atoms with Crippen molar-refractivity contribution < 1.29 is 23.5 Å². The van der Waals surface area contributed by atoms with Gasteiger partial charge in [0.2, 0.25) is 5.88 Å². The zero-order valence-electron chi connectivity index (χ0n) is 18.7. The molecule has 11 nitrogen and oxygen atoms in total. The Balaban J connectivity index is 1.36. The number of aromatic nitrogens is 3. The lowest BCUT2D eigenvalue weighted by Crippen LogP contribution is -2.43. The van der Waals surface area contributed by atoms with E-state index < -0.39 is 6.04 Å². The van der Waals surface area contributed by atoms with Crippen LogP contribution in [0.4, 0.5) is 15.9 Å². The number of rotatable bonds is 6. The lowest BCUT2D eigenvalue weighted by Gasteiger charge is -2.35. The molecular weight excluding hydrogens is 460 g/mol. The number of methoxy groups -OCH3 is 1. The second-order valence-electron chi connectivity index (χ2n) is 8.05. The Hall–Kier alpha value is -3.51. The highest BCUT2D eigenvalue weighted by Crippen LogP contribution is 2.41. The standard InChI is InChI=1S/C22H24N6O5S/c1-12-19-16(26-21(34-19)27-20(30)24-13-6-7-32-11-13)8-14(10-29)28(12)22-23-9-17(33-22)15-4-3-5-18(25-15)31-2/h3-5,9-10,12-14H,6-8,11H2,1-2H3,(H2,24,26,27,30)/t12-,13+,14-/m0/s1. The number of ether oxygens (including phenoxy) is 2. The molecule has 5 heterocycles. The molecule has 2 aliphatic heterocycles. The summed E-state index contributed by atoms with van der Waals surface area (Å²) in [6.45, 7) is 3.12. The van der Waals surface area contributed by atoms with Crippen molar-refractivity contribution in [2.45, 2.75) is 37.9 Å². The van der Waals surface area contributed by atoms with Crippen LogP contribution in [-0.4, -0.2) is 59.7 Å². The van der Waals surface area contributed by atoms with Crippen molar-refractivity contribution in [3.8, 4) is 17.3 Å². The van der Waals surface area contributed by atoms with E-state index in [1.54, 1.807) is 25.4 Å². The molecule has 34 heavy (non-hydrogen) atoms.